The number of hydrogen-bond donors (Lipinski definition) is 1. The van der Waals surface area contributed by atoms with Crippen molar-refractivity contribution >= 4 is 5.91 Å². The molecule has 4 rings (SSSR count). The Labute approximate surface area is 147 Å². The fraction of sp³-hybridized carbons (Fsp3) is 0.824. The zero-order valence-corrected chi connectivity index (χ0v) is 14.8. The van der Waals surface area contributed by atoms with E-state index in [0.717, 1.165) is 65.0 Å². The van der Waals surface area contributed by atoms with Crippen molar-refractivity contribution in [2.24, 2.45) is 12.5 Å². The van der Waals surface area contributed by atoms with Crippen LogP contribution in [-0.4, -0.2) is 87.1 Å². The molecule has 3 aliphatic rings. The predicted octanol–water partition coefficient (Wildman–Crippen LogP) is -0.107. The highest BCUT2D eigenvalue weighted by atomic mass is 16.5. The molecular weight excluding hydrogens is 322 g/mol. The van der Waals surface area contributed by atoms with E-state index in [9.17, 15) is 9.90 Å². The maximum Gasteiger partial charge on any atom is 0.291 e. The van der Waals surface area contributed by atoms with Crippen LogP contribution in [0.3, 0.4) is 0 Å². The fourth-order valence-corrected chi connectivity index (χ4v) is 4.44. The summed E-state index contributed by atoms with van der Waals surface area (Å²) in [5, 5.41) is 13.6. The van der Waals surface area contributed by atoms with Gasteiger partial charge >= 0.3 is 0 Å². The number of nitrogens with zero attached hydrogens (tertiary/aromatic N) is 5. The second kappa shape index (κ2) is 6.66. The van der Waals surface area contributed by atoms with Gasteiger partial charge in [0.2, 0.25) is 5.82 Å². The number of aliphatic hydroxyl groups excluding tert-OH is 1. The van der Waals surface area contributed by atoms with Crippen LogP contribution < -0.4 is 0 Å². The summed E-state index contributed by atoms with van der Waals surface area (Å²) in [6, 6.07) is 0. The van der Waals surface area contributed by atoms with E-state index in [4.69, 9.17) is 4.74 Å². The monoisotopic (exact) mass is 349 g/mol. The summed E-state index contributed by atoms with van der Waals surface area (Å²) in [6.07, 6.45) is 5.40. The number of piperidine rings is 1. The Bertz CT molecular complexity index is 626. The standard InChI is InChI=1S/C17H27N5O3/c1-20-15(18-12-19-20)16(24)22-6-3-17(4-7-22)8-14(25-11-17)10-21-5-2-13(23)9-21/h12-14,23H,2-11H2,1H3/t13-,14+/m1/s1. The van der Waals surface area contributed by atoms with Crippen molar-refractivity contribution in [3.05, 3.63) is 12.2 Å². The van der Waals surface area contributed by atoms with Crippen LogP contribution in [0.25, 0.3) is 0 Å². The van der Waals surface area contributed by atoms with Gasteiger partial charge in [-0.2, -0.15) is 5.10 Å². The Hall–Kier alpha value is -1.51. The maximum atomic E-state index is 12.6. The van der Waals surface area contributed by atoms with Crippen LogP contribution in [0.1, 0.15) is 36.3 Å². The third-order valence-corrected chi connectivity index (χ3v) is 6.01. The lowest BCUT2D eigenvalue weighted by molar-refractivity contribution is 0.0442. The number of ether oxygens (including phenoxy) is 1. The Morgan fingerprint density at radius 3 is 2.84 bits per heavy atom. The zero-order chi connectivity index (χ0) is 17.4. The minimum absolute atomic E-state index is 0.0311. The lowest BCUT2D eigenvalue weighted by Gasteiger charge is -2.38. The molecule has 4 heterocycles. The molecule has 3 aliphatic heterocycles. The Morgan fingerprint density at radius 2 is 2.20 bits per heavy atom. The highest BCUT2D eigenvalue weighted by Crippen LogP contribution is 2.42. The van der Waals surface area contributed by atoms with Gasteiger partial charge in [-0.15, -0.1) is 0 Å². The number of likely N-dealkylation sites (tertiary alicyclic amines) is 2. The molecule has 0 aromatic carbocycles. The molecule has 0 saturated carbocycles. The highest BCUT2D eigenvalue weighted by molar-refractivity contribution is 5.90. The number of aromatic nitrogens is 3. The molecule has 8 nitrogen and oxygen atoms in total. The van der Waals surface area contributed by atoms with E-state index in [2.05, 4.69) is 15.0 Å². The molecule has 1 amide bonds. The molecule has 1 aromatic heterocycles. The van der Waals surface area contributed by atoms with Gasteiger partial charge in [0.1, 0.15) is 6.33 Å². The SMILES string of the molecule is Cn1ncnc1C(=O)N1CCC2(CC1)CO[C@H](CN1CC[C@@H](O)C1)C2. The third-order valence-electron chi connectivity index (χ3n) is 6.01. The summed E-state index contributed by atoms with van der Waals surface area (Å²) in [6.45, 7) is 4.95. The average molecular weight is 349 g/mol. The molecule has 0 aliphatic carbocycles. The number of aryl methyl sites for hydroxylation is 1. The number of β-amino-alcohol motifs (C(OH)–C–C–N with tert-alkyl or cyclic N) is 1. The Kier molecular flexibility index (Phi) is 4.51. The van der Waals surface area contributed by atoms with Gasteiger partial charge in [-0.05, 0) is 31.1 Å². The molecule has 25 heavy (non-hydrogen) atoms. The van der Waals surface area contributed by atoms with Crippen LogP contribution in [0.2, 0.25) is 0 Å². The smallest absolute Gasteiger partial charge is 0.291 e. The molecule has 3 fully saturated rings. The van der Waals surface area contributed by atoms with Crippen LogP contribution in [0.15, 0.2) is 6.33 Å². The largest absolute Gasteiger partial charge is 0.392 e. The minimum Gasteiger partial charge on any atom is -0.392 e. The summed E-state index contributed by atoms with van der Waals surface area (Å²) >= 11 is 0. The molecule has 0 radical (unpaired) electrons. The number of rotatable bonds is 3. The van der Waals surface area contributed by atoms with E-state index in [1.54, 1.807) is 7.05 Å². The van der Waals surface area contributed by atoms with Crippen LogP contribution in [-0.2, 0) is 11.8 Å². The van der Waals surface area contributed by atoms with E-state index in [1.165, 1.54) is 11.0 Å². The number of carbonyl (C=O) groups is 1. The zero-order valence-electron chi connectivity index (χ0n) is 14.8. The van der Waals surface area contributed by atoms with Crippen molar-refractivity contribution in [3.8, 4) is 0 Å². The van der Waals surface area contributed by atoms with Crippen LogP contribution in [0.5, 0.6) is 0 Å². The number of hydrogen-bond acceptors (Lipinski definition) is 6. The first-order valence-electron chi connectivity index (χ1n) is 9.20. The summed E-state index contributed by atoms with van der Waals surface area (Å²) < 4.78 is 7.61. The molecule has 0 bridgehead atoms. The van der Waals surface area contributed by atoms with E-state index >= 15 is 0 Å². The van der Waals surface area contributed by atoms with Crippen LogP contribution >= 0.6 is 0 Å². The van der Waals surface area contributed by atoms with E-state index in [0.29, 0.717) is 5.82 Å². The van der Waals surface area contributed by atoms with E-state index in [-0.39, 0.29) is 23.5 Å². The van der Waals surface area contributed by atoms with Crippen molar-refractivity contribution < 1.29 is 14.6 Å². The molecule has 2 atom stereocenters. The first kappa shape index (κ1) is 16.9. The topological polar surface area (TPSA) is 83.7 Å². The molecule has 1 spiro atoms. The Morgan fingerprint density at radius 1 is 1.40 bits per heavy atom. The van der Waals surface area contributed by atoms with Crippen LogP contribution in [0, 0.1) is 5.41 Å². The third kappa shape index (κ3) is 3.43. The molecule has 138 valence electrons. The summed E-state index contributed by atoms with van der Waals surface area (Å²) in [5.74, 6) is 0.375. The molecule has 0 unspecified atom stereocenters. The highest BCUT2D eigenvalue weighted by Gasteiger charge is 2.44. The second-order valence-electron chi connectivity index (χ2n) is 7.84. The summed E-state index contributed by atoms with van der Waals surface area (Å²) in [7, 11) is 1.75. The molecule has 1 aromatic rings. The van der Waals surface area contributed by atoms with E-state index in [1.807, 2.05) is 4.90 Å². The fourth-order valence-electron chi connectivity index (χ4n) is 4.44. The molecule has 1 N–H and O–H groups in total. The van der Waals surface area contributed by atoms with Gasteiger partial charge in [-0.1, -0.05) is 0 Å². The number of amides is 1. The van der Waals surface area contributed by atoms with Gasteiger partial charge in [0.25, 0.3) is 5.91 Å². The quantitative estimate of drug-likeness (QED) is 0.820. The first-order valence-corrected chi connectivity index (χ1v) is 9.20. The maximum absolute atomic E-state index is 12.6. The second-order valence-corrected chi connectivity index (χ2v) is 7.84. The van der Waals surface area contributed by atoms with Gasteiger partial charge < -0.3 is 14.7 Å². The van der Waals surface area contributed by atoms with Gasteiger partial charge in [-0.3, -0.25) is 9.69 Å². The Balaban J connectivity index is 1.30. The van der Waals surface area contributed by atoms with Gasteiger partial charge in [0.15, 0.2) is 0 Å². The average Bonchev–Trinajstić information content (AvgIpc) is 3.30. The summed E-state index contributed by atoms with van der Waals surface area (Å²) in [5.41, 5.74) is 0.208. The first-order chi connectivity index (χ1) is 12.0. The van der Waals surface area contributed by atoms with Crippen molar-refractivity contribution in [1.82, 2.24) is 24.6 Å². The lowest BCUT2D eigenvalue weighted by Crippen LogP contribution is -2.44. The van der Waals surface area contributed by atoms with E-state index < -0.39 is 0 Å². The van der Waals surface area contributed by atoms with Crippen molar-refractivity contribution in [2.45, 2.75) is 37.9 Å². The molecular formula is C17H27N5O3. The summed E-state index contributed by atoms with van der Waals surface area (Å²) in [4.78, 5) is 20.8. The van der Waals surface area contributed by atoms with Gasteiger partial charge in [0, 0.05) is 39.8 Å². The molecule has 3 saturated heterocycles. The molecule has 8 heteroatoms. The number of carbonyl (C=O) groups excluding carboxylic acids is 1. The predicted molar refractivity (Wildman–Crippen MR) is 90.0 cm³/mol. The van der Waals surface area contributed by atoms with Crippen molar-refractivity contribution in [3.63, 3.8) is 0 Å². The van der Waals surface area contributed by atoms with Gasteiger partial charge in [-0.25, -0.2) is 9.67 Å². The van der Waals surface area contributed by atoms with Crippen molar-refractivity contribution in [1.29, 1.82) is 0 Å². The number of aliphatic hydroxyl groups is 1. The van der Waals surface area contributed by atoms with Crippen LogP contribution in [0.4, 0.5) is 0 Å². The minimum atomic E-state index is -0.176. The lowest BCUT2D eigenvalue weighted by atomic mass is 9.76. The van der Waals surface area contributed by atoms with Crippen molar-refractivity contribution in [2.75, 3.05) is 39.3 Å². The normalized spacial score (nSPS) is 29.6. The van der Waals surface area contributed by atoms with Gasteiger partial charge in [0.05, 0.1) is 18.8 Å².